The Kier molecular flexibility index (Phi) is 3.52. The Morgan fingerprint density at radius 3 is 2.59 bits per heavy atom. The predicted molar refractivity (Wildman–Crippen MR) is 82.7 cm³/mol. The van der Waals surface area contributed by atoms with Crippen LogP contribution in [-0.2, 0) is 0 Å². The second-order valence-electron chi connectivity index (χ2n) is 4.49. The van der Waals surface area contributed by atoms with Crippen molar-refractivity contribution >= 4 is 28.2 Å². The van der Waals surface area contributed by atoms with Gasteiger partial charge in [0.25, 0.3) is 11.2 Å². The molecule has 3 aromatic rings. The van der Waals surface area contributed by atoms with Crippen molar-refractivity contribution in [2.45, 2.75) is 0 Å². The smallest absolute Gasteiger partial charge is 0.293 e. The fourth-order valence-electron chi connectivity index (χ4n) is 2.12. The topological polar surface area (TPSA) is 85.2 Å². The van der Waals surface area contributed by atoms with Crippen molar-refractivity contribution in [3.63, 3.8) is 0 Å². The molecular formula is C15H9ClN2O4. The number of nitrogens with one attached hydrogen (secondary N) is 1. The standard InChI is InChI=1S/C15H9ClN2O4/c16-10-5-1-2-7-12(10)22-13-8-14(19)17-15-9(13)4-3-6-11(15)18(20)21/h1-8H,(H,17,19). The minimum absolute atomic E-state index is 0.113. The number of H-pyrrole nitrogens is 1. The van der Waals surface area contributed by atoms with Gasteiger partial charge in [-0.25, -0.2) is 0 Å². The van der Waals surface area contributed by atoms with E-state index in [-0.39, 0.29) is 17.0 Å². The summed E-state index contributed by atoms with van der Waals surface area (Å²) in [6, 6.07) is 12.5. The molecule has 1 heterocycles. The summed E-state index contributed by atoms with van der Waals surface area (Å²) >= 11 is 6.03. The number of pyridine rings is 1. The van der Waals surface area contributed by atoms with Gasteiger partial charge in [0.05, 0.1) is 9.95 Å². The first-order valence-electron chi connectivity index (χ1n) is 6.29. The number of para-hydroxylation sites is 2. The zero-order chi connectivity index (χ0) is 15.7. The lowest BCUT2D eigenvalue weighted by Crippen LogP contribution is -2.06. The number of ether oxygens (including phenoxy) is 1. The Morgan fingerprint density at radius 2 is 1.86 bits per heavy atom. The van der Waals surface area contributed by atoms with Gasteiger partial charge in [0, 0.05) is 17.5 Å². The molecule has 0 saturated carbocycles. The summed E-state index contributed by atoms with van der Waals surface area (Å²) in [6.07, 6.45) is 0. The van der Waals surface area contributed by atoms with Crippen molar-refractivity contribution < 1.29 is 9.66 Å². The van der Waals surface area contributed by atoms with Crippen LogP contribution in [0.5, 0.6) is 11.5 Å². The Bertz CT molecular complexity index is 936. The molecule has 0 unspecified atom stereocenters. The second kappa shape index (κ2) is 5.50. The number of nitro groups is 1. The summed E-state index contributed by atoms with van der Waals surface area (Å²) < 4.78 is 5.66. The molecule has 0 aliphatic carbocycles. The monoisotopic (exact) mass is 316 g/mol. The highest BCUT2D eigenvalue weighted by Gasteiger charge is 2.16. The number of hydrogen-bond donors (Lipinski definition) is 1. The highest BCUT2D eigenvalue weighted by atomic mass is 35.5. The van der Waals surface area contributed by atoms with Gasteiger partial charge in [0.1, 0.15) is 17.0 Å². The Labute approximate surface area is 129 Å². The minimum Gasteiger partial charge on any atom is -0.455 e. The van der Waals surface area contributed by atoms with E-state index in [1.165, 1.54) is 18.2 Å². The van der Waals surface area contributed by atoms with Crippen LogP contribution in [0.2, 0.25) is 5.02 Å². The van der Waals surface area contributed by atoms with E-state index < -0.39 is 10.5 Å². The lowest BCUT2D eigenvalue weighted by Gasteiger charge is -2.09. The van der Waals surface area contributed by atoms with E-state index in [0.717, 1.165) is 0 Å². The second-order valence-corrected chi connectivity index (χ2v) is 4.89. The zero-order valence-electron chi connectivity index (χ0n) is 11.1. The predicted octanol–water partition coefficient (Wildman–Crippen LogP) is 3.88. The fourth-order valence-corrected chi connectivity index (χ4v) is 2.29. The average Bonchev–Trinajstić information content (AvgIpc) is 2.48. The lowest BCUT2D eigenvalue weighted by atomic mass is 10.2. The zero-order valence-corrected chi connectivity index (χ0v) is 11.8. The molecule has 0 aliphatic rings. The minimum atomic E-state index is -0.558. The quantitative estimate of drug-likeness (QED) is 0.587. The molecule has 1 N–H and O–H groups in total. The van der Waals surface area contributed by atoms with E-state index in [1.807, 2.05) is 0 Å². The molecule has 6 nitrogen and oxygen atoms in total. The maximum Gasteiger partial charge on any atom is 0.293 e. The number of nitrogens with zero attached hydrogens (tertiary/aromatic N) is 1. The molecule has 1 aromatic heterocycles. The molecule has 0 aliphatic heterocycles. The summed E-state index contributed by atoms with van der Waals surface area (Å²) in [6.45, 7) is 0. The number of aromatic amines is 1. The van der Waals surface area contributed by atoms with Gasteiger partial charge in [-0.15, -0.1) is 0 Å². The number of halogens is 1. The van der Waals surface area contributed by atoms with Crippen molar-refractivity contribution in [2.75, 3.05) is 0 Å². The molecular weight excluding hydrogens is 308 g/mol. The molecule has 2 aromatic carbocycles. The van der Waals surface area contributed by atoms with Crippen molar-refractivity contribution in [2.24, 2.45) is 0 Å². The van der Waals surface area contributed by atoms with Crippen molar-refractivity contribution in [1.82, 2.24) is 4.98 Å². The van der Waals surface area contributed by atoms with Crippen LogP contribution in [-0.4, -0.2) is 9.91 Å². The highest BCUT2D eigenvalue weighted by molar-refractivity contribution is 6.32. The number of aromatic nitrogens is 1. The molecule has 0 atom stereocenters. The van der Waals surface area contributed by atoms with Crippen LogP contribution < -0.4 is 10.3 Å². The summed E-state index contributed by atoms with van der Waals surface area (Å²) in [5, 5.41) is 11.9. The van der Waals surface area contributed by atoms with E-state index in [1.54, 1.807) is 30.3 Å². The Hall–Kier alpha value is -2.86. The van der Waals surface area contributed by atoms with Gasteiger partial charge in [-0.3, -0.25) is 14.9 Å². The van der Waals surface area contributed by atoms with E-state index in [0.29, 0.717) is 16.2 Å². The summed E-state index contributed by atoms with van der Waals surface area (Å²) in [7, 11) is 0. The van der Waals surface area contributed by atoms with E-state index in [2.05, 4.69) is 4.98 Å². The van der Waals surface area contributed by atoms with Gasteiger partial charge in [-0.05, 0) is 18.2 Å². The summed E-state index contributed by atoms with van der Waals surface area (Å²) in [4.78, 5) is 24.7. The number of rotatable bonds is 3. The van der Waals surface area contributed by atoms with E-state index in [9.17, 15) is 14.9 Å². The van der Waals surface area contributed by atoms with Crippen molar-refractivity contribution in [1.29, 1.82) is 0 Å². The van der Waals surface area contributed by atoms with Crippen LogP contribution in [0.1, 0.15) is 0 Å². The lowest BCUT2D eigenvalue weighted by molar-refractivity contribution is -0.383. The molecule has 7 heteroatoms. The van der Waals surface area contributed by atoms with Crippen LogP contribution in [0, 0.1) is 10.1 Å². The third kappa shape index (κ3) is 2.51. The largest absolute Gasteiger partial charge is 0.455 e. The number of nitro benzene ring substituents is 1. The van der Waals surface area contributed by atoms with Crippen LogP contribution in [0.25, 0.3) is 10.9 Å². The first-order valence-corrected chi connectivity index (χ1v) is 6.67. The first-order chi connectivity index (χ1) is 10.6. The number of hydrogen-bond acceptors (Lipinski definition) is 4. The van der Waals surface area contributed by atoms with Crippen molar-refractivity contribution in [3.8, 4) is 11.5 Å². The van der Waals surface area contributed by atoms with Crippen molar-refractivity contribution in [3.05, 3.63) is 74.0 Å². The highest BCUT2D eigenvalue weighted by Crippen LogP contribution is 2.34. The van der Waals surface area contributed by atoms with Gasteiger partial charge in [-0.1, -0.05) is 29.8 Å². The molecule has 3 rings (SSSR count). The Morgan fingerprint density at radius 1 is 1.09 bits per heavy atom. The van der Waals surface area contributed by atoms with E-state index in [4.69, 9.17) is 16.3 Å². The van der Waals surface area contributed by atoms with E-state index >= 15 is 0 Å². The molecule has 0 saturated heterocycles. The third-order valence-electron chi connectivity index (χ3n) is 3.07. The first kappa shape index (κ1) is 14.1. The summed E-state index contributed by atoms with van der Waals surface area (Å²) in [5.41, 5.74) is -0.579. The third-order valence-corrected chi connectivity index (χ3v) is 3.38. The fraction of sp³-hybridized carbons (Fsp3) is 0. The van der Waals surface area contributed by atoms with Crippen LogP contribution >= 0.6 is 11.6 Å². The molecule has 0 bridgehead atoms. The number of benzene rings is 2. The molecule has 0 radical (unpaired) electrons. The van der Waals surface area contributed by atoms with Gasteiger partial charge in [-0.2, -0.15) is 0 Å². The molecule has 110 valence electrons. The average molecular weight is 317 g/mol. The number of non-ortho nitro benzene ring substituents is 1. The normalized spacial score (nSPS) is 10.6. The molecule has 0 fully saturated rings. The molecule has 22 heavy (non-hydrogen) atoms. The van der Waals surface area contributed by atoms with Gasteiger partial charge >= 0.3 is 0 Å². The van der Waals surface area contributed by atoms with Crippen LogP contribution in [0.15, 0.2) is 53.3 Å². The molecule has 0 spiro atoms. The van der Waals surface area contributed by atoms with Gasteiger partial charge < -0.3 is 9.72 Å². The summed E-state index contributed by atoms with van der Waals surface area (Å²) in [5.74, 6) is 0.568. The number of fused-ring (bicyclic) bond motifs is 1. The van der Waals surface area contributed by atoms with Crippen LogP contribution in [0.4, 0.5) is 5.69 Å². The SMILES string of the molecule is O=c1cc(Oc2ccccc2Cl)c2cccc([N+](=O)[O-])c2[nH]1. The maximum absolute atomic E-state index is 11.8. The van der Waals surface area contributed by atoms with Gasteiger partial charge in [0.15, 0.2) is 0 Å². The maximum atomic E-state index is 11.8. The molecule has 0 amide bonds. The van der Waals surface area contributed by atoms with Crippen LogP contribution in [0.3, 0.4) is 0 Å². The van der Waals surface area contributed by atoms with Gasteiger partial charge in [0.2, 0.25) is 0 Å². The Balaban J connectivity index is 2.22.